The number of aromatic nitrogens is 2. The first-order valence-corrected chi connectivity index (χ1v) is 6.57. The number of fused-ring (bicyclic) bond motifs is 1. The first kappa shape index (κ1) is 12.7. The van der Waals surface area contributed by atoms with Crippen molar-refractivity contribution in [1.82, 2.24) is 15.5 Å². The summed E-state index contributed by atoms with van der Waals surface area (Å²) < 4.78 is 0. The molecule has 104 valence electrons. The zero-order chi connectivity index (χ0) is 14.2. The maximum atomic E-state index is 12.3. The first-order valence-electron chi connectivity index (χ1n) is 6.57. The van der Waals surface area contributed by atoms with Crippen LogP contribution in [-0.4, -0.2) is 32.7 Å². The van der Waals surface area contributed by atoms with Crippen molar-refractivity contribution >= 4 is 22.8 Å². The fraction of sp³-hybridized carbons (Fsp3) is 0.357. The van der Waals surface area contributed by atoms with Crippen molar-refractivity contribution in [2.45, 2.75) is 31.2 Å². The van der Waals surface area contributed by atoms with Crippen molar-refractivity contribution in [2.24, 2.45) is 0 Å². The Morgan fingerprint density at radius 3 is 2.75 bits per heavy atom. The number of hydrogen-bond donors (Lipinski definition) is 3. The molecular formula is C14H15N3O3. The van der Waals surface area contributed by atoms with Gasteiger partial charge in [-0.1, -0.05) is 18.2 Å². The number of amides is 1. The lowest BCUT2D eigenvalue weighted by Crippen LogP contribution is -2.54. The predicted molar refractivity (Wildman–Crippen MR) is 72.4 cm³/mol. The molecule has 6 nitrogen and oxygen atoms in total. The van der Waals surface area contributed by atoms with Gasteiger partial charge in [0.15, 0.2) is 5.69 Å². The molecule has 0 saturated heterocycles. The SMILES string of the molecule is O=C(O)CC1(NC(=O)c2n[nH]c3ccccc23)CCC1. The quantitative estimate of drug-likeness (QED) is 0.790. The summed E-state index contributed by atoms with van der Waals surface area (Å²) in [5, 5.41) is 19.4. The van der Waals surface area contributed by atoms with Crippen LogP contribution < -0.4 is 5.32 Å². The number of hydrogen-bond acceptors (Lipinski definition) is 3. The predicted octanol–water partition coefficient (Wildman–Crippen LogP) is 1.69. The summed E-state index contributed by atoms with van der Waals surface area (Å²) in [6.07, 6.45) is 2.30. The van der Waals surface area contributed by atoms with E-state index in [-0.39, 0.29) is 12.3 Å². The average Bonchev–Trinajstić information content (AvgIpc) is 2.79. The minimum absolute atomic E-state index is 0.0406. The molecule has 1 fully saturated rings. The van der Waals surface area contributed by atoms with Gasteiger partial charge in [-0.3, -0.25) is 14.7 Å². The van der Waals surface area contributed by atoms with Crippen LogP contribution >= 0.6 is 0 Å². The van der Waals surface area contributed by atoms with Crippen LogP contribution in [0.2, 0.25) is 0 Å². The lowest BCUT2D eigenvalue weighted by atomic mass is 9.74. The van der Waals surface area contributed by atoms with Gasteiger partial charge in [0.25, 0.3) is 5.91 Å². The average molecular weight is 273 g/mol. The number of aromatic amines is 1. The van der Waals surface area contributed by atoms with Gasteiger partial charge in [-0.05, 0) is 25.3 Å². The number of aliphatic carboxylic acids is 1. The Kier molecular flexibility index (Phi) is 2.93. The van der Waals surface area contributed by atoms with E-state index < -0.39 is 11.5 Å². The van der Waals surface area contributed by atoms with Crippen LogP contribution in [0.1, 0.15) is 36.2 Å². The number of nitrogens with one attached hydrogen (secondary N) is 2. The summed E-state index contributed by atoms with van der Waals surface area (Å²) in [5.41, 5.74) is 0.499. The van der Waals surface area contributed by atoms with Gasteiger partial charge in [0.2, 0.25) is 0 Å². The minimum atomic E-state index is -0.892. The van der Waals surface area contributed by atoms with Gasteiger partial charge in [0.1, 0.15) is 0 Å². The molecule has 1 aliphatic rings. The number of para-hydroxylation sites is 1. The molecule has 3 N–H and O–H groups in total. The third-order valence-electron chi connectivity index (χ3n) is 3.86. The summed E-state index contributed by atoms with van der Waals surface area (Å²) in [6, 6.07) is 7.36. The van der Waals surface area contributed by atoms with Gasteiger partial charge < -0.3 is 10.4 Å². The maximum absolute atomic E-state index is 12.3. The van der Waals surface area contributed by atoms with Crippen molar-refractivity contribution in [1.29, 1.82) is 0 Å². The highest BCUT2D eigenvalue weighted by Gasteiger charge is 2.41. The van der Waals surface area contributed by atoms with Crippen LogP contribution in [0.4, 0.5) is 0 Å². The van der Waals surface area contributed by atoms with Gasteiger partial charge in [-0.15, -0.1) is 0 Å². The molecule has 0 radical (unpaired) electrons. The molecule has 6 heteroatoms. The summed E-state index contributed by atoms with van der Waals surface area (Å²) in [6.45, 7) is 0. The topological polar surface area (TPSA) is 95.1 Å². The van der Waals surface area contributed by atoms with Crippen LogP contribution in [0.25, 0.3) is 10.9 Å². The molecule has 1 heterocycles. The number of nitrogens with zero attached hydrogens (tertiary/aromatic N) is 1. The second-order valence-corrected chi connectivity index (χ2v) is 5.28. The zero-order valence-electron chi connectivity index (χ0n) is 10.8. The Bertz CT molecular complexity index is 673. The van der Waals surface area contributed by atoms with Crippen molar-refractivity contribution < 1.29 is 14.7 Å². The van der Waals surface area contributed by atoms with Crippen LogP contribution in [-0.2, 0) is 4.79 Å². The molecule has 2 aromatic rings. The fourth-order valence-electron chi connectivity index (χ4n) is 2.68. The molecule has 1 aliphatic carbocycles. The third kappa shape index (κ3) is 2.13. The number of carbonyl (C=O) groups excluding carboxylic acids is 1. The molecule has 0 unspecified atom stereocenters. The van der Waals surface area contributed by atoms with Gasteiger partial charge >= 0.3 is 5.97 Å². The van der Waals surface area contributed by atoms with E-state index in [1.165, 1.54) is 0 Å². The summed E-state index contributed by atoms with van der Waals surface area (Å²) in [5.74, 6) is -1.21. The molecular weight excluding hydrogens is 258 g/mol. The summed E-state index contributed by atoms with van der Waals surface area (Å²) >= 11 is 0. The van der Waals surface area contributed by atoms with E-state index >= 15 is 0 Å². The van der Waals surface area contributed by atoms with Gasteiger partial charge in [-0.2, -0.15) is 5.10 Å². The van der Waals surface area contributed by atoms with Crippen molar-refractivity contribution in [3.8, 4) is 0 Å². The van der Waals surface area contributed by atoms with Crippen LogP contribution in [0, 0.1) is 0 Å². The van der Waals surface area contributed by atoms with Gasteiger partial charge in [0.05, 0.1) is 17.5 Å². The normalized spacial score (nSPS) is 16.6. The Balaban J connectivity index is 1.84. The van der Waals surface area contributed by atoms with E-state index in [9.17, 15) is 9.59 Å². The summed E-state index contributed by atoms with van der Waals surface area (Å²) in [7, 11) is 0. The molecule has 1 saturated carbocycles. The molecule has 1 amide bonds. The minimum Gasteiger partial charge on any atom is -0.481 e. The highest BCUT2D eigenvalue weighted by Crippen LogP contribution is 2.35. The molecule has 1 aromatic carbocycles. The monoisotopic (exact) mass is 273 g/mol. The second kappa shape index (κ2) is 4.63. The molecule has 0 spiro atoms. The number of H-pyrrole nitrogens is 1. The number of rotatable bonds is 4. The maximum Gasteiger partial charge on any atom is 0.305 e. The lowest BCUT2D eigenvalue weighted by Gasteiger charge is -2.41. The molecule has 1 aromatic heterocycles. The molecule has 0 atom stereocenters. The van der Waals surface area contributed by atoms with Gasteiger partial charge in [-0.25, -0.2) is 0 Å². The van der Waals surface area contributed by atoms with Crippen molar-refractivity contribution in [2.75, 3.05) is 0 Å². The smallest absolute Gasteiger partial charge is 0.305 e. The van der Waals surface area contributed by atoms with Crippen molar-refractivity contribution in [3.63, 3.8) is 0 Å². The third-order valence-corrected chi connectivity index (χ3v) is 3.86. The molecule has 20 heavy (non-hydrogen) atoms. The Morgan fingerprint density at radius 1 is 1.35 bits per heavy atom. The van der Waals surface area contributed by atoms with E-state index in [4.69, 9.17) is 5.11 Å². The second-order valence-electron chi connectivity index (χ2n) is 5.28. The van der Waals surface area contributed by atoms with Crippen LogP contribution in [0.3, 0.4) is 0 Å². The number of carboxylic acids is 1. The number of carboxylic acid groups (broad SMARTS) is 1. The first-order chi connectivity index (χ1) is 9.60. The van der Waals surface area contributed by atoms with E-state index in [0.29, 0.717) is 18.5 Å². The van der Waals surface area contributed by atoms with Crippen LogP contribution in [0.15, 0.2) is 24.3 Å². The highest BCUT2D eigenvalue weighted by molar-refractivity contribution is 6.05. The summed E-state index contributed by atoms with van der Waals surface area (Å²) in [4.78, 5) is 23.2. The molecule has 0 bridgehead atoms. The molecule has 3 rings (SSSR count). The Hall–Kier alpha value is -2.37. The number of benzene rings is 1. The van der Waals surface area contributed by atoms with Crippen molar-refractivity contribution in [3.05, 3.63) is 30.0 Å². The largest absolute Gasteiger partial charge is 0.481 e. The van der Waals surface area contributed by atoms with E-state index in [1.54, 1.807) is 0 Å². The fourth-order valence-corrected chi connectivity index (χ4v) is 2.68. The van der Waals surface area contributed by atoms with Gasteiger partial charge in [0, 0.05) is 5.39 Å². The number of carbonyl (C=O) groups is 2. The van der Waals surface area contributed by atoms with E-state index in [2.05, 4.69) is 15.5 Å². The Morgan fingerprint density at radius 2 is 2.10 bits per heavy atom. The molecule has 0 aliphatic heterocycles. The standard InChI is InChI=1S/C14H15N3O3/c18-11(19)8-14(6-3-7-14)15-13(20)12-9-4-1-2-5-10(9)16-17-12/h1-2,4-5H,3,6-8H2,(H,15,20)(H,16,17)(H,18,19). The van der Waals surface area contributed by atoms with Crippen LogP contribution in [0.5, 0.6) is 0 Å². The zero-order valence-corrected chi connectivity index (χ0v) is 10.8. The van der Waals surface area contributed by atoms with E-state index in [1.807, 2.05) is 24.3 Å². The highest BCUT2D eigenvalue weighted by atomic mass is 16.4. The lowest BCUT2D eigenvalue weighted by molar-refractivity contribution is -0.139. The van der Waals surface area contributed by atoms with E-state index in [0.717, 1.165) is 17.3 Å². The Labute approximate surface area is 115 Å².